The minimum atomic E-state index is -0.498. The van der Waals surface area contributed by atoms with Gasteiger partial charge in [-0.2, -0.15) is 0 Å². The lowest BCUT2D eigenvalue weighted by Gasteiger charge is -2.22. The molecule has 0 bridgehead atoms. The van der Waals surface area contributed by atoms with Gasteiger partial charge in [0.25, 0.3) is 0 Å². The standard InChI is InChI=1S/C11H21NO3/c1-5-6-9(7-8-13)12-10(14)15-11(2,3)4/h8-9H,5-7H2,1-4H3,(H,12,14). The van der Waals surface area contributed by atoms with Crippen LogP contribution in [-0.2, 0) is 9.53 Å². The number of hydrogen-bond acceptors (Lipinski definition) is 3. The topological polar surface area (TPSA) is 55.4 Å². The van der Waals surface area contributed by atoms with Crippen LogP contribution in [0.15, 0.2) is 0 Å². The molecule has 0 saturated heterocycles. The van der Waals surface area contributed by atoms with Crippen LogP contribution in [0.3, 0.4) is 0 Å². The molecule has 0 rings (SSSR count). The Morgan fingerprint density at radius 1 is 1.47 bits per heavy atom. The largest absolute Gasteiger partial charge is 0.444 e. The first-order chi connectivity index (χ1) is 6.89. The van der Waals surface area contributed by atoms with E-state index in [1.165, 1.54) is 0 Å². The van der Waals surface area contributed by atoms with Gasteiger partial charge < -0.3 is 14.8 Å². The summed E-state index contributed by atoms with van der Waals surface area (Å²) in [6, 6.07) is -0.109. The molecule has 1 atom stereocenters. The summed E-state index contributed by atoms with van der Waals surface area (Å²) in [4.78, 5) is 21.7. The summed E-state index contributed by atoms with van der Waals surface area (Å²) >= 11 is 0. The van der Waals surface area contributed by atoms with Gasteiger partial charge in [-0.15, -0.1) is 0 Å². The van der Waals surface area contributed by atoms with Gasteiger partial charge in [0.05, 0.1) is 0 Å². The third-order valence-corrected chi connectivity index (χ3v) is 1.74. The Morgan fingerprint density at radius 2 is 2.07 bits per heavy atom. The van der Waals surface area contributed by atoms with E-state index in [0.29, 0.717) is 6.42 Å². The van der Waals surface area contributed by atoms with Crippen molar-refractivity contribution >= 4 is 12.4 Å². The zero-order valence-corrected chi connectivity index (χ0v) is 10.0. The molecule has 0 aromatic carbocycles. The number of nitrogens with one attached hydrogen (secondary N) is 1. The molecule has 4 nitrogen and oxygen atoms in total. The van der Waals surface area contributed by atoms with Crippen molar-refractivity contribution in [1.82, 2.24) is 5.32 Å². The van der Waals surface area contributed by atoms with Crippen LogP contribution in [0.4, 0.5) is 4.79 Å². The molecule has 88 valence electrons. The van der Waals surface area contributed by atoms with Crippen LogP contribution < -0.4 is 5.32 Å². The summed E-state index contributed by atoms with van der Waals surface area (Å²) < 4.78 is 5.09. The molecule has 0 aliphatic rings. The number of hydrogen-bond donors (Lipinski definition) is 1. The van der Waals surface area contributed by atoms with E-state index in [-0.39, 0.29) is 6.04 Å². The van der Waals surface area contributed by atoms with Crippen molar-refractivity contribution in [1.29, 1.82) is 0 Å². The molecule has 1 N–H and O–H groups in total. The Bertz CT molecular complexity index is 208. The predicted molar refractivity (Wildman–Crippen MR) is 58.7 cm³/mol. The van der Waals surface area contributed by atoms with Gasteiger partial charge in [-0.3, -0.25) is 0 Å². The summed E-state index contributed by atoms with van der Waals surface area (Å²) in [6.07, 6.45) is 2.42. The predicted octanol–water partition coefficient (Wildman–Crippen LogP) is 2.27. The Balaban J connectivity index is 4.04. The quantitative estimate of drug-likeness (QED) is 0.716. The van der Waals surface area contributed by atoms with Crippen LogP contribution in [0, 0.1) is 0 Å². The molecule has 0 aliphatic carbocycles. The Kier molecular flexibility index (Phi) is 5.97. The van der Waals surface area contributed by atoms with E-state index in [4.69, 9.17) is 4.74 Å². The second-order valence-corrected chi connectivity index (χ2v) is 4.53. The molecular formula is C11H21NO3. The van der Waals surface area contributed by atoms with Crippen molar-refractivity contribution in [2.45, 2.75) is 58.6 Å². The molecule has 15 heavy (non-hydrogen) atoms. The highest BCUT2D eigenvalue weighted by atomic mass is 16.6. The third kappa shape index (κ3) is 7.97. The maximum atomic E-state index is 11.4. The van der Waals surface area contributed by atoms with Crippen molar-refractivity contribution in [2.75, 3.05) is 0 Å². The normalized spacial score (nSPS) is 13.1. The summed E-state index contributed by atoms with van der Waals surface area (Å²) in [5.41, 5.74) is -0.498. The molecule has 0 fully saturated rings. The van der Waals surface area contributed by atoms with Gasteiger partial charge in [-0.05, 0) is 27.2 Å². The average Bonchev–Trinajstić information content (AvgIpc) is 2.00. The number of ether oxygens (including phenoxy) is 1. The van der Waals surface area contributed by atoms with Crippen molar-refractivity contribution in [3.8, 4) is 0 Å². The molecule has 0 saturated carbocycles. The number of aldehydes is 1. The lowest BCUT2D eigenvalue weighted by atomic mass is 10.1. The highest BCUT2D eigenvalue weighted by Gasteiger charge is 2.18. The average molecular weight is 215 g/mol. The first-order valence-corrected chi connectivity index (χ1v) is 5.32. The fraction of sp³-hybridized carbons (Fsp3) is 0.818. The minimum absolute atomic E-state index is 0.109. The van der Waals surface area contributed by atoms with E-state index >= 15 is 0 Å². The zero-order valence-electron chi connectivity index (χ0n) is 10.0. The molecular weight excluding hydrogens is 194 g/mol. The number of rotatable bonds is 5. The molecule has 1 amide bonds. The van der Waals surface area contributed by atoms with Crippen LogP contribution in [0.5, 0.6) is 0 Å². The highest BCUT2D eigenvalue weighted by Crippen LogP contribution is 2.08. The number of amides is 1. The molecule has 0 heterocycles. The van der Waals surface area contributed by atoms with Gasteiger partial charge in [0, 0.05) is 12.5 Å². The molecule has 0 aromatic rings. The summed E-state index contributed by atoms with van der Waals surface area (Å²) in [6.45, 7) is 7.43. The number of carbonyl (C=O) groups is 2. The Morgan fingerprint density at radius 3 is 2.47 bits per heavy atom. The van der Waals surface area contributed by atoms with Gasteiger partial charge in [0.15, 0.2) is 0 Å². The van der Waals surface area contributed by atoms with Crippen molar-refractivity contribution < 1.29 is 14.3 Å². The first kappa shape index (κ1) is 13.9. The summed E-state index contributed by atoms with van der Waals surface area (Å²) in [5, 5.41) is 2.68. The SMILES string of the molecule is CCCC(CC=O)NC(=O)OC(C)(C)C. The smallest absolute Gasteiger partial charge is 0.407 e. The summed E-state index contributed by atoms with van der Waals surface area (Å²) in [5.74, 6) is 0. The molecule has 0 aliphatic heterocycles. The number of alkyl carbamates (subject to hydrolysis) is 1. The van der Waals surface area contributed by atoms with E-state index in [1.807, 2.05) is 6.92 Å². The maximum absolute atomic E-state index is 11.4. The lowest BCUT2D eigenvalue weighted by molar-refractivity contribution is -0.108. The van der Waals surface area contributed by atoms with Gasteiger partial charge in [-0.25, -0.2) is 4.79 Å². The monoisotopic (exact) mass is 215 g/mol. The van der Waals surface area contributed by atoms with E-state index in [0.717, 1.165) is 19.1 Å². The third-order valence-electron chi connectivity index (χ3n) is 1.74. The maximum Gasteiger partial charge on any atom is 0.407 e. The molecule has 4 heteroatoms. The van der Waals surface area contributed by atoms with Gasteiger partial charge >= 0.3 is 6.09 Å². The van der Waals surface area contributed by atoms with Crippen molar-refractivity contribution in [2.24, 2.45) is 0 Å². The van der Waals surface area contributed by atoms with Gasteiger partial charge in [-0.1, -0.05) is 13.3 Å². The van der Waals surface area contributed by atoms with Crippen molar-refractivity contribution in [3.63, 3.8) is 0 Å². The lowest BCUT2D eigenvalue weighted by Crippen LogP contribution is -2.39. The van der Waals surface area contributed by atoms with Crippen molar-refractivity contribution in [3.05, 3.63) is 0 Å². The Hall–Kier alpha value is -1.06. The fourth-order valence-corrected chi connectivity index (χ4v) is 1.19. The zero-order chi connectivity index (χ0) is 11.9. The molecule has 0 radical (unpaired) electrons. The summed E-state index contributed by atoms with van der Waals surface area (Å²) in [7, 11) is 0. The van der Waals surface area contributed by atoms with E-state index < -0.39 is 11.7 Å². The van der Waals surface area contributed by atoms with E-state index in [1.54, 1.807) is 20.8 Å². The van der Waals surface area contributed by atoms with Crippen LogP contribution in [0.2, 0.25) is 0 Å². The molecule has 1 unspecified atom stereocenters. The van der Waals surface area contributed by atoms with Crippen LogP contribution >= 0.6 is 0 Å². The second-order valence-electron chi connectivity index (χ2n) is 4.53. The fourth-order valence-electron chi connectivity index (χ4n) is 1.19. The molecule has 0 aromatic heterocycles. The van der Waals surface area contributed by atoms with E-state index in [9.17, 15) is 9.59 Å². The van der Waals surface area contributed by atoms with Crippen LogP contribution in [0.25, 0.3) is 0 Å². The minimum Gasteiger partial charge on any atom is -0.444 e. The van der Waals surface area contributed by atoms with E-state index in [2.05, 4.69) is 5.32 Å². The van der Waals surface area contributed by atoms with Crippen LogP contribution in [0.1, 0.15) is 47.0 Å². The second kappa shape index (κ2) is 6.43. The Labute approximate surface area is 91.4 Å². The molecule has 0 spiro atoms. The number of carbonyl (C=O) groups excluding carboxylic acids is 2. The van der Waals surface area contributed by atoms with Crippen LogP contribution in [-0.4, -0.2) is 24.0 Å². The highest BCUT2D eigenvalue weighted by molar-refractivity contribution is 5.68. The first-order valence-electron chi connectivity index (χ1n) is 5.32. The van der Waals surface area contributed by atoms with Gasteiger partial charge in [0.1, 0.15) is 11.9 Å². The van der Waals surface area contributed by atoms with Gasteiger partial charge in [0.2, 0.25) is 0 Å².